The predicted molar refractivity (Wildman–Crippen MR) is 94.1 cm³/mol. The van der Waals surface area contributed by atoms with Crippen LogP contribution in [-0.2, 0) is 11.3 Å². The van der Waals surface area contributed by atoms with Gasteiger partial charge in [-0.25, -0.2) is 0 Å². The number of carbonyl (C=O) groups excluding carboxylic acids is 1. The summed E-state index contributed by atoms with van der Waals surface area (Å²) in [5.74, 6) is 0.208. The molecule has 1 amide bonds. The van der Waals surface area contributed by atoms with E-state index in [1.807, 2.05) is 41.3 Å². The number of carbonyl (C=O) groups is 1. The van der Waals surface area contributed by atoms with E-state index in [0.29, 0.717) is 19.5 Å². The lowest BCUT2D eigenvalue weighted by Gasteiger charge is -2.22. The largest absolute Gasteiger partial charge is 0.338 e. The van der Waals surface area contributed by atoms with Crippen LogP contribution in [0.4, 0.5) is 0 Å². The first kappa shape index (κ1) is 22.3. The normalized spacial score (nSPS) is 9.19. The fraction of sp³-hybridized carbons (Fsp3) is 0.438. The van der Waals surface area contributed by atoms with Crippen molar-refractivity contribution < 1.29 is 4.79 Å². The van der Waals surface area contributed by atoms with Crippen LogP contribution in [0.15, 0.2) is 43.0 Å². The highest BCUT2D eigenvalue weighted by Crippen LogP contribution is 2.08. The Balaban J connectivity index is 0. The summed E-state index contributed by atoms with van der Waals surface area (Å²) in [5, 5.41) is 0. The molecular formula is C16H26Cl2N2O. The summed E-state index contributed by atoms with van der Waals surface area (Å²) in [6, 6.07) is 10.1. The molecule has 120 valence electrons. The Kier molecular flexibility index (Phi) is 14.8. The molecule has 0 bridgehead atoms. The van der Waals surface area contributed by atoms with E-state index in [2.05, 4.69) is 6.58 Å². The van der Waals surface area contributed by atoms with Crippen molar-refractivity contribution in [3.8, 4) is 0 Å². The third-order valence-corrected chi connectivity index (χ3v) is 3.00. The first-order valence-corrected chi connectivity index (χ1v) is 6.90. The average molecular weight is 333 g/mol. The lowest BCUT2D eigenvalue weighted by molar-refractivity contribution is -0.132. The van der Waals surface area contributed by atoms with Crippen LogP contribution < -0.4 is 5.73 Å². The van der Waals surface area contributed by atoms with Gasteiger partial charge < -0.3 is 10.6 Å². The van der Waals surface area contributed by atoms with Crippen LogP contribution in [0.25, 0.3) is 0 Å². The van der Waals surface area contributed by atoms with Gasteiger partial charge in [-0.1, -0.05) is 36.4 Å². The second kappa shape index (κ2) is 13.9. The number of unbranched alkanes of at least 4 members (excludes halogenated alkanes) is 1. The van der Waals surface area contributed by atoms with Gasteiger partial charge in [-0.05, 0) is 31.4 Å². The number of hydrogen-bond acceptors (Lipinski definition) is 2. The highest BCUT2D eigenvalue weighted by atomic mass is 35.5. The smallest absolute Gasteiger partial charge is 0.222 e. The van der Waals surface area contributed by atoms with Crippen molar-refractivity contribution in [2.75, 3.05) is 13.1 Å². The molecule has 0 aliphatic carbocycles. The van der Waals surface area contributed by atoms with Crippen LogP contribution in [-0.4, -0.2) is 23.9 Å². The maximum absolute atomic E-state index is 12.2. The number of benzene rings is 1. The second-order valence-electron chi connectivity index (χ2n) is 4.62. The molecule has 0 unspecified atom stereocenters. The minimum Gasteiger partial charge on any atom is -0.338 e. The van der Waals surface area contributed by atoms with Crippen LogP contribution in [0.5, 0.6) is 0 Å². The number of rotatable bonds is 9. The van der Waals surface area contributed by atoms with Crippen molar-refractivity contribution in [2.45, 2.75) is 32.2 Å². The number of hydrogen-bond donors (Lipinski definition) is 1. The molecule has 0 aromatic heterocycles. The van der Waals surface area contributed by atoms with E-state index >= 15 is 0 Å². The molecule has 2 N–H and O–H groups in total. The Morgan fingerprint density at radius 2 is 1.86 bits per heavy atom. The highest BCUT2D eigenvalue weighted by Gasteiger charge is 2.12. The molecule has 1 aromatic carbocycles. The van der Waals surface area contributed by atoms with E-state index in [9.17, 15) is 4.79 Å². The molecule has 0 saturated heterocycles. The molecular weight excluding hydrogens is 307 g/mol. The van der Waals surface area contributed by atoms with E-state index in [0.717, 1.165) is 31.4 Å². The first-order valence-electron chi connectivity index (χ1n) is 6.90. The lowest BCUT2D eigenvalue weighted by Crippen LogP contribution is -2.32. The summed E-state index contributed by atoms with van der Waals surface area (Å²) in [6.07, 6.45) is 5.05. The van der Waals surface area contributed by atoms with Gasteiger partial charge in [0.1, 0.15) is 0 Å². The lowest BCUT2D eigenvalue weighted by atomic mass is 10.1. The Morgan fingerprint density at radius 3 is 2.43 bits per heavy atom. The first-order chi connectivity index (χ1) is 9.27. The molecule has 1 rings (SSSR count). The van der Waals surface area contributed by atoms with E-state index in [4.69, 9.17) is 5.73 Å². The third-order valence-electron chi connectivity index (χ3n) is 3.00. The summed E-state index contributed by atoms with van der Waals surface area (Å²) in [4.78, 5) is 14.1. The van der Waals surface area contributed by atoms with Crippen LogP contribution in [0, 0.1) is 0 Å². The fourth-order valence-electron chi connectivity index (χ4n) is 1.93. The molecule has 0 atom stereocenters. The number of halogens is 2. The van der Waals surface area contributed by atoms with Crippen LogP contribution in [0.3, 0.4) is 0 Å². The second-order valence-corrected chi connectivity index (χ2v) is 4.62. The van der Waals surface area contributed by atoms with Crippen molar-refractivity contribution in [3.63, 3.8) is 0 Å². The fourth-order valence-corrected chi connectivity index (χ4v) is 1.93. The van der Waals surface area contributed by atoms with E-state index in [-0.39, 0.29) is 30.7 Å². The van der Waals surface area contributed by atoms with Gasteiger partial charge in [-0.3, -0.25) is 4.79 Å². The minimum absolute atomic E-state index is 0. The van der Waals surface area contributed by atoms with Gasteiger partial charge in [0.05, 0.1) is 0 Å². The zero-order valence-electron chi connectivity index (χ0n) is 12.4. The van der Waals surface area contributed by atoms with Crippen molar-refractivity contribution in [1.82, 2.24) is 4.90 Å². The molecule has 0 aliphatic rings. The number of nitrogens with zero attached hydrogens (tertiary/aromatic N) is 1. The van der Waals surface area contributed by atoms with Gasteiger partial charge in [0, 0.05) is 19.5 Å². The van der Waals surface area contributed by atoms with Crippen molar-refractivity contribution >= 4 is 30.7 Å². The van der Waals surface area contributed by atoms with E-state index in [1.165, 1.54) is 0 Å². The highest BCUT2D eigenvalue weighted by molar-refractivity contribution is 5.85. The van der Waals surface area contributed by atoms with Gasteiger partial charge in [0.2, 0.25) is 5.91 Å². The number of nitrogens with two attached hydrogens (primary N) is 1. The zero-order valence-corrected chi connectivity index (χ0v) is 14.0. The molecule has 1 aromatic rings. The van der Waals surface area contributed by atoms with Crippen LogP contribution in [0.1, 0.15) is 31.2 Å². The Hall–Kier alpha value is -1.03. The molecule has 0 radical (unpaired) electrons. The van der Waals surface area contributed by atoms with E-state index in [1.54, 1.807) is 0 Å². The maximum Gasteiger partial charge on any atom is 0.222 e. The zero-order chi connectivity index (χ0) is 13.9. The van der Waals surface area contributed by atoms with Crippen molar-refractivity contribution in [3.05, 3.63) is 48.6 Å². The summed E-state index contributed by atoms with van der Waals surface area (Å²) in [7, 11) is 0. The van der Waals surface area contributed by atoms with Gasteiger partial charge in [0.25, 0.3) is 0 Å². The predicted octanol–water partition coefficient (Wildman–Crippen LogP) is 3.56. The SMILES string of the molecule is C=CCCCC(=O)N(CCCN)Cc1ccccc1.Cl.Cl. The van der Waals surface area contributed by atoms with Gasteiger partial charge in [0.15, 0.2) is 0 Å². The Morgan fingerprint density at radius 1 is 1.19 bits per heavy atom. The molecule has 0 fully saturated rings. The molecule has 0 heterocycles. The summed E-state index contributed by atoms with van der Waals surface area (Å²) >= 11 is 0. The summed E-state index contributed by atoms with van der Waals surface area (Å²) in [5.41, 5.74) is 6.70. The Bertz CT molecular complexity index is 385. The minimum atomic E-state index is 0. The monoisotopic (exact) mass is 332 g/mol. The quantitative estimate of drug-likeness (QED) is 0.555. The van der Waals surface area contributed by atoms with Crippen molar-refractivity contribution in [2.24, 2.45) is 5.73 Å². The number of amides is 1. The summed E-state index contributed by atoms with van der Waals surface area (Å²) in [6.45, 7) is 5.70. The standard InChI is InChI=1S/C16H24N2O.2ClH/c1-2-3-5-11-16(19)18(13-8-12-17)14-15-9-6-4-7-10-15;;/h2,4,6-7,9-10H,1,3,5,8,11-14,17H2;2*1H. The Labute approximate surface area is 140 Å². The van der Waals surface area contributed by atoms with Gasteiger partial charge in [-0.15, -0.1) is 31.4 Å². The topological polar surface area (TPSA) is 46.3 Å². The third kappa shape index (κ3) is 9.51. The molecule has 3 nitrogen and oxygen atoms in total. The molecule has 0 saturated carbocycles. The maximum atomic E-state index is 12.2. The van der Waals surface area contributed by atoms with Crippen molar-refractivity contribution in [1.29, 1.82) is 0 Å². The van der Waals surface area contributed by atoms with E-state index < -0.39 is 0 Å². The molecule has 0 spiro atoms. The van der Waals surface area contributed by atoms with Crippen LogP contribution in [0.2, 0.25) is 0 Å². The molecule has 5 heteroatoms. The van der Waals surface area contributed by atoms with Gasteiger partial charge in [-0.2, -0.15) is 0 Å². The average Bonchev–Trinajstić information content (AvgIpc) is 2.44. The van der Waals surface area contributed by atoms with Crippen LogP contribution >= 0.6 is 24.8 Å². The molecule has 0 aliphatic heterocycles. The summed E-state index contributed by atoms with van der Waals surface area (Å²) < 4.78 is 0. The van der Waals surface area contributed by atoms with Gasteiger partial charge >= 0.3 is 0 Å². The molecule has 21 heavy (non-hydrogen) atoms. The number of allylic oxidation sites excluding steroid dienone is 1.